The van der Waals surface area contributed by atoms with E-state index in [0.717, 1.165) is 41.3 Å². The van der Waals surface area contributed by atoms with Crippen molar-refractivity contribution < 1.29 is 13.2 Å². The first-order chi connectivity index (χ1) is 11.6. The Morgan fingerprint density at radius 3 is 2.88 bits per heavy atom. The number of rotatable bonds is 5. The van der Waals surface area contributed by atoms with Gasteiger partial charge in [-0.15, -0.1) is 0 Å². The van der Waals surface area contributed by atoms with E-state index in [1.165, 1.54) is 12.8 Å². The fraction of sp³-hybridized carbons (Fsp3) is 0.562. The average molecular weight is 367 g/mol. The Balaban J connectivity index is 1.51. The molecule has 24 heavy (non-hydrogen) atoms. The van der Waals surface area contributed by atoms with Crippen molar-refractivity contribution in [3.05, 3.63) is 18.2 Å². The van der Waals surface area contributed by atoms with E-state index < -0.39 is 10.0 Å². The summed E-state index contributed by atoms with van der Waals surface area (Å²) in [6.07, 6.45) is 3.99. The number of nitrogens with zero attached hydrogens (tertiary/aromatic N) is 2. The lowest BCUT2D eigenvalue weighted by atomic mass is 10.3. The van der Waals surface area contributed by atoms with E-state index in [-0.39, 0.29) is 11.9 Å². The Morgan fingerprint density at radius 1 is 1.29 bits per heavy atom. The molecule has 0 aliphatic carbocycles. The summed E-state index contributed by atoms with van der Waals surface area (Å²) in [5.41, 5.74) is 1.51. The van der Waals surface area contributed by atoms with Gasteiger partial charge in [0.2, 0.25) is 10.0 Å². The summed E-state index contributed by atoms with van der Waals surface area (Å²) in [5.74, 6) is 0.0206. The Labute approximate surface area is 145 Å². The zero-order chi connectivity index (χ0) is 16.6. The van der Waals surface area contributed by atoms with E-state index in [9.17, 15) is 8.42 Å². The predicted molar refractivity (Wildman–Crippen MR) is 97.5 cm³/mol. The molecule has 0 spiro atoms. The number of hydrogen-bond donors (Lipinski definition) is 1. The van der Waals surface area contributed by atoms with Gasteiger partial charge >= 0.3 is 0 Å². The fourth-order valence-electron chi connectivity index (χ4n) is 3.26. The molecule has 3 heterocycles. The van der Waals surface area contributed by atoms with Gasteiger partial charge in [0.15, 0.2) is 5.13 Å². The third-order valence-corrected chi connectivity index (χ3v) is 6.89. The summed E-state index contributed by atoms with van der Waals surface area (Å²) < 4.78 is 33.7. The Hall–Kier alpha value is -1.38. The van der Waals surface area contributed by atoms with Crippen LogP contribution in [-0.2, 0) is 14.8 Å². The summed E-state index contributed by atoms with van der Waals surface area (Å²) in [6.45, 7) is 2.77. The van der Waals surface area contributed by atoms with E-state index >= 15 is 0 Å². The molecule has 130 valence electrons. The summed E-state index contributed by atoms with van der Waals surface area (Å²) >= 11 is 1.62. The average Bonchev–Trinajstić information content (AvgIpc) is 3.26. The van der Waals surface area contributed by atoms with Crippen molar-refractivity contribution in [1.29, 1.82) is 0 Å². The van der Waals surface area contributed by atoms with Crippen LogP contribution in [0.3, 0.4) is 0 Å². The lowest BCUT2D eigenvalue weighted by Crippen LogP contribution is -2.25. The molecule has 1 unspecified atom stereocenters. The predicted octanol–water partition coefficient (Wildman–Crippen LogP) is 2.82. The number of ether oxygens (including phenoxy) is 1. The molecule has 0 saturated carbocycles. The minimum absolute atomic E-state index is 0.0206. The number of thiazole rings is 1. The smallest absolute Gasteiger partial charge is 0.235 e. The molecule has 1 aromatic carbocycles. The largest absolute Gasteiger partial charge is 0.377 e. The van der Waals surface area contributed by atoms with Crippen LogP contribution >= 0.6 is 11.3 Å². The highest BCUT2D eigenvalue weighted by Gasteiger charge is 2.23. The summed E-state index contributed by atoms with van der Waals surface area (Å²) in [4.78, 5) is 6.96. The molecular formula is C16H21N3O3S2. The highest BCUT2D eigenvalue weighted by molar-refractivity contribution is 7.92. The van der Waals surface area contributed by atoms with Crippen molar-refractivity contribution in [2.45, 2.75) is 31.8 Å². The third kappa shape index (κ3) is 3.50. The highest BCUT2D eigenvalue weighted by Crippen LogP contribution is 2.32. The SMILES string of the molecule is O=S(=O)(CC1CCCO1)Nc1ccc2nc(N3CCCC3)sc2c1. The Bertz CT molecular complexity index is 822. The topological polar surface area (TPSA) is 71.5 Å². The number of anilines is 2. The van der Waals surface area contributed by atoms with Crippen LogP contribution in [0.1, 0.15) is 25.7 Å². The fourth-order valence-corrected chi connectivity index (χ4v) is 5.64. The molecule has 2 saturated heterocycles. The van der Waals surface area contributed by atoms with Gasteiger partial charge in [-0.05, 0) is 43.9 Å². The summed E-state index contributed by atoms with van der Waals surface area (Å²) in [5, 5.41) is 1.03. The third-order valence-electron chi connectivity index (χ3n) is 4.46. The van der Waals surface area contributed by atoms with Crippen LogP contribution in [0.4, 0.5) is 10.8 Å². The second-order valence-corrected chi connectivity index (χ2v) is 9.17. The lowest BCUT2D eigenvalue weighted by molar-refractivity contribution is 0.127. The van der Waals surface area contributed by atoms with Crippen LogP contribution < -0.4 is 9.62 Å². The molecule has 8 heteroatoms. The first-order valence-corrected chi connectivity index (χ1v) is 10.8. The second-order valence-electron chi connectivity index (χ2n) is 6.39. The molecule has 0 bridgehead atoms. The standard InChI is InChI=1S/C16H21N3O3S2/c20-24(21,11-13-4-3-9-22-13)18-12-5-6-14-15(10-12)23-16(17-14)19-7-1-2-8-19/h5-6,10,13,18H,1-4,7-9,11H2. The maximum atomic E-state index is 12.3. The van der Waals surface area contributed by atoms with Crippen LogP contribution in [0.5, 0.6) is 0 Å². The van der Waals surface area contributed by atoms with Crippen LogP contribution in [0.25, 0.3) is 10.2 Å². The Kier molecular flexibility index (Phi) is 4.36. The second kappa shape index (κ2) is 6.50. The minimum atomic E-state index is -3.40. The molecular weight excluding hydrogens is 346 g/mol. The van der Waals surface area contributed by atoms with Crippen LogP contribution in [0.15, 0.2) is 18.2 Å². The summed E-state index contributed by atoms with van der Waals surface area (Å²) in [6, 6.07) is 5.54. The normalized spacial score (nSPS) is 21.7. The van der Waals surface area contributed by atoms with Crippen molar-refractivity contribution >= 4 is 42.4 Å². The number of fused-ring (bicyclic) bond motifs is 1. The zero-order valence-electron chi connectivity index (χ0n) is 13.4. The van der Waals surface area contributed by atoms with E-state index in [0.29, 0.717) is 12.3 Å². The van der Waals surface area contributed by atoms with Gasteiger partial charge in [0.25, 0.3) is 0 Å². The molecule has 1 N–H and O–H groups in total. The van der Waals surface area contributed by atoms with Crippen molar-refractivity contribution in [2.24, 2.45) is 0 Å². The van der Waals surface area contributed by atoms with Gasteiger partial charge in [0.05, 0.1) is 27.8 Å². The Morgan fingerprint density at radius 2 is 2.12 bits per heavy atom. The number of hydrogen-bond acceptors (Lipinski definition) is 6. The number of nitrogens with one attached hydrogen (secondary N) is 1. The monoisotopic (exact) mass is 367 g/mol. The lowest BCUT2D eigenvalue weighted by Gasteiger charge is -2.12. The van der Waals surface area contributed by atoms with E-state index in [4.69, 9.17) is 4.74 Å². The molecule has 2 aliphatic heterocycles. The van der Waals surface area contributed by atoms with E-state index in [1.807, 2.05) is 12.1 Å². The molecule has 4 rings (SSSR count). The van der Waals surface area contributed by atoms with Crippen LogP contribution in [-0.4, -0.2) is 45.0 Å². The number of aromatic nitrogens is 1. The number of sulfonamides is 1. The van der Waals surface area contributed by atoms with Crippen LogP contribution in [0, 0.1) is 0 Å². The molecule has 1 aromatic heterocycles. The van der Waals surface area contributed by atoms with Crippen molar-refractivity contribution in [3.8, 4) is 0 Å². The van der Waals surface area contributed by atoms with Gasteiger partial charge in [-0.1, -0.05) is 11.3 Å². The van der Waals surface area contributed by atoms with Gasteiger partial charge in [0, 0.05) is 19.7 Å². The van der Waals surface area contributed by atoms with Gasteiger partial charge in [-0.25, -0.2) is 13.4 Å². The van der Waals surface area contributed by atoms with Gasteiger partial charge in [-0.2, -0.15) is 0 Å². The van der Waals surface area contributed by atoms with E-state index in [2.05, 4.69) is 14.6 Å². The molecule has 2 aromatic rings. The number of benzene rings is 1. The highest BCUT2D eigenvalue weighted by atomic mass is 32.2. The summed E-state index contributed by atoms with van der Waals surface area (Å²) in [7, 11) is -3.40. The van der Waals surface area contributed by atoms with E-state index in [1.54, 1.807) is 17.4 Å². The zero-order valence-corrected chi connectivity index (χ0v) is 15.0. The van der Waals surface area contributed by atoms with Crippen molar-refractivity contribution in [2.75, 3.05) is 35.1 Å². The molecule has 2 fully saturated rings. The molecule has 2 aliphatic rings. The van der Waals surface area contributed by atoms with Crippen LogP contribution in [0.2, 0.25) is 0 Å². The maximum absolute atomic E-state index is 12.3. The quantitative estimate of drug-likeness (QED) is 0.880. The van der Waals surface area contributed by atoms with Gasteiger partial charge < -0.3 is 9.64 Å². The molecule has 6 nitrogen and oxygen atoms in total. The first kappa shape index (κ1) is 16.1. The minimum Gasteiger partial charge on any atom is -0.377 e. The maximum Gasteiger partial charge on any atom is 0.235 e. The molecule has 0 radical (unpaired) electrons. The molecule has 0 amide bonds. The first-order valence-electron chi connectivity index (χ1n) is 8.37. The van der Waals surface area contributed by atoms with Gasteiger partial charge in [0.1, 0.15) is 0 Å². The van der Waals surface area contributed by atoms with Gasteiger partial charge in [-0.3, -0.25) is 4.72 Å². The van der Waals surface area contributed by atoms with Crippen molar-refractivity contribution in [1.82, 2.24) is 4.98 Å². The van der Waals surface area contributed by atoms with Crippen molar-refractivity contribution in [3.63, 3.8) is 0 Å². The molecule has 1 atom stereocenters.